The first-order valence-corrected chi connectivity index (χ1v) is 4.33. The molecule has 0 aliphatic heterocycles. The van der Waals surface area contributed by atoms with Gasteiger partial charge in [0.05, 0.1) is 0 Å². The van der Waals surface area contributed by atoms with Gasteiger partial charge in [-0.15, -0.1) is 0 Å². The number of hydrogen-bond acceptors (Lipinski definition) is 2. The first-order chi connectivity index (χ1) is 7.10. The van der Waals surface area contributed by atoms with Gasteiger partial charge >= 0.3 is 12.4 Å². The number of carbonyl (C=O) groups is 1. The third-order valence-corrected chi connectivity index (χ3v) is 1.44. The van der Waals surface area contributed by atoms with E-state index in [0.29, 0.717) is 0 Å². The van der Waals surface area contributed by atoms with Gasteiger partial charge in [-0.25, -0.2) is 0 Å². The highest BCUT2D eigenvalue weighted by molar-refractivity contribution is 5.79. The van der Waals surface area contributed by atoms with Crippen LogP contribution in [0.15, 0.2) is 0 Å². The third kappa shape index (κ3) is 11.3. The molecule has 96 valence electrons. The van der Waals surface area contributed by atoms with E-state index in [1.54, 1.807) is 0 Å². The molecule has 0 saturated carbocycles. The SMILES string of the molecule is O=C(CCCC(F)(F)F)COCC(F)(F)F. The van der Waals surface area contributed by atoms with Crippen LogP contribution in [-0.4, -0.2) is 31.3 Å². The van der Waals surface area contributed by atoms with Crippen molar-refractivity contribution in [3.05, 3.63) is 0 Å². The van der Waals surface area contributed by atoms with E-state index in [4.69, 9.17) is 0 Å². The van der Waals surface area contributed by atoms with Crippen LogP contribution in [0.4, 0.5) is 26.3 Å². The van der Waals surface area contributed by atoms with Gasteiger partial charge in [-0.2, -0.15) is 26.3 Å². The van der Waals surface area contributed by atoms with Crippen LogP contribution in [-0.2, 0) is 9.53 Å². The maximum absolute atomic E-state index is 11.6. The number of Topliss-reactive ketones (excluding diaryl/α,β-unsaturated/α-hetero) is 1. The Bertz CT molecular complexity index is 198. The summed E-state index contributed by atoms with van der Waals surface area (Å²) in [5.41, 5.74) is 0. The lowest BCUT2D eigenvalue weighted by atomic mass is 10.2. The highest BCUT2D eigenvalue weighted by Crippen LogP contribution is 2.22. The minimum atomic E-state index is -4.54. The maximum atomic E-state index is 11.6. The summed E-state index contributed by atoms with van der Waals surface area (Å²) in [4.78, 5) is 10.8. The second-order valence-electron chi connectivity index (χ2n) is 3.12. The lowest BCUT2D eigenvalue weighted by Crippen LogP contribution is -2.20. The molecule has 0 amide bonds. The first-order valence-electron chi connectivity index (χ1n) is 4.33. The standard InChI is InChI=1S/C8H10F6O2/c9-7(10,11)3-1-2-6(15)4-16-5-8(12,13)14/h1-5H2. The Morgan fingerprint density at radius 2 is 1.56 bits per heavy atom. The Balaban J connectivity index is 3.53. The molecule has 0 N–H and O–H groups in total. The molecule has 0 atom stereocenters. The van der Waals surface area contributed by atoms with Crippen LogP contribution in [0.25, 0.3) is 0 Å². The Morgan fingerprint density at radius 1 is 1.00 bits per heavy atom. The predicted molar refractivity (Wildman–Crippen MR) is 41.8 cm³/mol. The zero-order valence-corrected chi connectivity index (χ0v) is 8.12. The van der Waals surface area contributed by atoms with E-state index in [1.807, 2.05) is 0 Å². The predicted octanol–water partition coefficient (Wildman–Crippen LogP) is 2.87. The van der Waals surface area contributed by atoms with Crippen LogP contribution < -0.4 is 0 Å². The van der Waals surface area contributed by atoms with E-state index in [0.717, 1.165) is 0 Å². The second-order valence-corrected chi connectivity index (χ2v) is 3.12. The molecule has 8 heteroatoms. The summed E-state index contributed by atoms with van der Waals surface area (Å²) in [6.45, 7) is -2.38. The Labute approximate surface area is 87.6 Å². The molecule has 16 heavy (non-hydrogen) atoms. The van der Waals surface area contributed by atoms with Crippen LogP contribution in [0.5, 0.6) is 0 Å². The Hall–Kier alpha value is -0.790. The van der Waals surface area contributed by atoms with Crippen molar-refractivity contribution in [2.45, 2.75) is 31.6 Å². The topological polar surface area (TPSA) is 26.3 Å². The van der Waals surface area contributed by atoms with E-state index < -0.39 is 50.6 Å². The van der Waals surface area contributed by atoms with Gasteiger partial charge in [-0.05, 0) is 6.42 Å². The van der Waals surface area contributed by atoms with E-state index >= 15 is 0 Å². The molecular formula is C8H10F6O2. The van der Waals surface area contributed by atoms with Crippen molar-refractivity contribution in [3.63, 3.8) is 0 Å². The van der Waals surface area contributed by atoms with Gasteiger partial charge in [0.1, 0.15) is 13.2 Å². The quantitative estimate of drug-likeness (QED) is 0.679. The highest BCUT2D eigenvalue weighted by Gasteiger charge is 2.28. The van der Waals surface area contributed by atoms with E-state index in [9.17, 15) is 31.1 Å². The van der Waals surface area contributed by atoms with Gasteiger partial charge in [-0.3, -0.25) is 4.79 Å². The van der Waals surface area contributed by atoms with Crippen molar-refractivity contribution in [2.24, 2.45) is 0 Å². The van der Waals surface area contributed by atoms with Crippen LogP contribution >= 0.6 is 0 Å². The molecule has 2 nitrogen and oxygen atoms in total. The fraction of sp³-hybridized carbons (Fsp3) is 0.875. The largest absolute Gasteiger partial charge is 0.411 e. The van der Waals surface area contributed by atoms with Gasteiger partial charge in [0.15, 0.2) is 5.78 Å². The minimum absolute atomic E-state index is 0.433. The molecule has 0 radical (unpaired) electrons. The second kappa shape index (κ2) is 6.07. The molecule has 0 unspecified atom stereocenters. The van der Waals surface area contributed by atoms with Crippen molar-refractivity contribution >= 4 is 5.78 Å². The average Bonchev–Trinajstić information content (AvgIpc) is 1.98. The normalized spacial score (nSPS) is 12.9. The molecule has 0 saturated heterocycles. The number of carbonyl (C=O) groups excluding carboxylic acids is 1. The fourth-order valence-electron chi connectivity index (χ4n) is 0.839. The van der Waals surface area contributed by atoms with Crippen LogP contribution in [0.3, 0.4) is 0 Å². The number of ether oxygens (including phenoxy) is 1. The summed E-state index contributed by atoms with van der Waals surface area (Å²) in [5.74, 6) is -0.770. The zero-order chi connectivity index (χ0) is 12.8. The number of hydrogen-bond donors (Lipinski definition) is 0. The first kappa shape index (κ1) is 15.2. The molecule has 0 aromatic heterocycles. The summed E-state index contributed by atoms with van der Waals surface area (Å²) in [6.07, 6.45) is -10.9. The number of ketones is 1. The van der Waals surface area contributed by atoms with Gasteiger partial charge < -0.3 is 4.74 Å². The summed E-state index contributed by atoms with van der Waals surface area (Å²) >= 11 is 0. The van der Waals surface area contributed by atoms with E-state index in [1.165, 1.54) is 0 Å². The molecule has 0 fully saturated rings. The monoisotopic (exact) mass is 252 g/mol. The third-order valence-electron chi connectivity index (χ3n) is 1.44. The molecule has 0 aliphatic carbocycles. The van der Waals surface area contributed by atoms with Crippen LogP contribution in [0, 0.1) is 0 Å². The maximum Gasteiger partial charge on any atom is 0.411 e. The average molecular weight is 252 g/mol. The zero-order valence-electron chi connectivity index (χ0n) is 8.12. The molecule has 0 bridgehead atoms. The molecule has 0 spiro atoms. The number of alkyl halides is 6. The summed E-state index contributed by atoms with van der Waals surface area (Å²) in [7, 11) is 0. The number of rotatable bonds is 6. The van der Waals surface area contributed by atoms with Crippen LogP contribution in [0.2, 0.25) is 0 Å². The highest BCUT2D eigenvalue weighted by atomic mass is 19.4. The van der Waals surface area contributed by atoms with Crippen molar-refractivity contribution < 1.29 is 35.9 Å². The smallest absolute Gasteiger partial charge is 0.364 e. The van der Waals surface area contributed by atoms with Gasteiger partial charge in [-0.1, -0.05) is 0 Å². The van der Waals surface area contributed by atoms with Crippen molar-refractivity contribution in [1.29, 1.82) is 0 Å². The van der Waals surface area contributed by atoms with Gasteiger partial charge in [0.2, 0.25) is 0 Å². The van der Waals surface area contributed by atoms with E-state index in [2.05, 4.69) is 4.74 Å². The molecule has 0 aromatic rings. The van der Waals surface area contributed by atoms with Gasteiger partial charge in [0.25, 0.3) is 0 Å². The summed E-state index contributed by atoms with van der Waals surface area (Å²) in [6, 6.07) is 0. The van der Waals surface area contributed by atoms with Crippen molar-refractivity contribution in [1.82, 2.24) is 0 Å². The molecule has 0 heterocycles. The Kier molecular flexibility index (Phi) is 5.77. The van der Waals surface area contributed by atoms with Crippen LogP contribution in [0.1, 0.15) is 19.3 Å². The number of halogens is 6. The van der Waals surface area contributed by atoms with Crippen molar-refractivity contribution in [3.8, 4) is 0 Å². The molecule has 0 aromatic carbocycles. The summed E-state index contributed by atoms with van der Waals surface area (Å²) < 4.78 is 73.4. The molecule has 0 aliphatic rings. The minimum Gasteiger partial charge on any atom is -0.364 e. The fourth-order valence-corrected chi connectivity index (χ4v) is 0.839. The molecular weight excluding hydrogens is 242 g/mol. The lowest BCUT2D eigenvalue weighted by molar-refractivity contribution is -0.175. The van der Waals surface area contributed by atoms with E-state index in [-0.39, 0.29) is 0 Å². The lowest BCUT2D eigenvalue weighted by Gasteiger charge is -2.07. The van der Waals surface area contributed by atoms with Crippen molar-refractivity contribution in [2.75, 3.05) is 13.2 Å². The Morgan fingerprint density at radius 3 is 2.00 bits per heavy atom. The van der Waals surface area contributed by atoms with Gasteiger partial charge in [0, 0.05) is 12.8 Å². The molecule has 0 rings (SSSR count). The summed E-state index contributed by atoms with van der Waals surface area (Å²) in [5, 5.41) is 0.